The van der Waals surface area contributed by atoms with Crippen molar-refractivity contribution in [1.82, 2.24) is 10.2 Å². The first-order chi connectivity index (χ1) is 6.77. The van der Waals surface area contributed by atoms with E-state index in [1.165, 1.54) is 12.8 Å². The van der Waals surface area contributed by atoms with Crippen molar-refractivity contribution in [2.45, 2.75) is 32.6 Å². The van der Waals surface area contributed by atoms with E-state index in [0.29, 0.717) is 12.3 Å². The Hall–Kier alpha value is -0.570. The molecule has 0 aromatic heterocycles. The fourth-order valence-electron chi connectivity index (χ4n) is 1.59. The predicted octanol–water partition coefficient (Wildman–Crippen LogP) is 1.24. The average Bonchev–Trinajstić information content (AvgIpc) is 2.98. The smallest absolute Gasteiger partial charge is 0.222 e. The van der Waals surface area contributed by atoms with Crippen molar-refractivity contribution in [2.75, 3.05) is 26.7 Å². The first kappa shape index (κ1) is 11.5. The molecule has 1 fully saturated rings. The quantitative estimate of drug-likeness (QED) is 0.624. The van der Waals surface area contributed by atoms with Crippen LogP contribution < -0.4 is 5.32 Å². The SMILES string of the molecule is CCN(CC1CC1)C(=O)CCCNC. The maximum absolute atomic E-state index is 11.7. The lowest BCUT2D eigenvalue weighted by atomic mass is 10.2. The van der Waals surface area contributed by atoms with E-state index in [2.05, 4.69) is 12.2 Å². The monoisotopic (exact) mass is 198 g/mol. The number of hydrogen-bond acceptors (Lipinski definition) is 2. The molecule has 0 heterocycles. The number of nitrogens with zero attached hydrogens (tertiary/aromatic N) is 1. The number of carbonyl (C=O) groups excluding carboxylic acids is 1. The summed E-state index contributed by atoms with van der Waals surface area (Å²) in [5.74, 6) is 1.14. The van der Waals surface area contributed by atoms with Crippen LogP contribution in [-0.2, 0) is 4.79 Å². The largest absolute Gasteiger partial charge is 0.343 e. The van der Waals surface area contributed by atoms with Gasteiger partial charge >= 0.3 is 0 Å². The van der Waals surface area contributed by atoms with Gasteiger partial charge in [0, 0.05) is 19.5 Å². The third-order valence-electron chi connectivity index (χ3n) is 2.73. The highest BCUT2D eigenvalue weighted by Gasteiger charge is 2.25. The van der Waals surface area contributed by atoms with Crippen molar-refractivity contribution in [3.63, 3.8) is 0 Å². The molecule has 0 bridgehead atoms. The van der Waals surface area contributed by atoms with Crippen molar-refractivity contribution in [3.05, 3.63) is 0 Å². The molecule has 1 aliphatic carbocycles. The maximum Gasteiger partial charge on any atom is 0.222 e. The Morgan fingerprint density at radius 3 is 2.71 bits per heavy atom. The molecular weight excluding hydrogens is 176 g/mol. The first-order valence-electron chi connectivity index (χ1n) is 5.70. The van der Waals surface area contributed by atoms with Gasteiger partial charge in [0.05, 0.1) is 0 Å². The molecule has 82 valence electrons. The van der Waals surface area contributed by atoms with Crippen molar-refractivity contribution in [2.24, 2.45) is 5.92 Å². The molecule has 3 nitrogen and oxygen atoms in total. The van der Waals surface area contributed by atoms with Gasteiger partial charge in [-0.2, -0.15) is 0 Å². The summed E-state index contributed by atoms with van der Waals surface area (Å²) in [7, 11) is 1.92. The van der Waals surface area contributed by atoms with Gasteiger partial charge in [-0.15, -0.1) is 0 Å². The van der Waals surface area contributed by atoms with Crippen LogP contribution in [0.5, 0.6) is 0 Å². The highest BCUT2D eigenvalue weighted by atomic mass is 16.2. The summed E-state index contributed by atoms with van der Waals surface area (Å²) >= 11 is 0. The molecule has 0 atom stereocenters. The molecule has 0 radical (unpaired) electrons. The van der Waals surface area contributed by atoms with Crippen LogP contribution in [0, 0.1) is 5.92 Å². The van der Waals surface area contributed by atoms with E-state index in [1.54, 1.807) is 0 Å². The Labute approximate surface area is 86.9 Å². The van der Waals surface area contributed by atoms with Crippen LogP contribution in [0.1, 0.15) is 32.6 Å². The standard InChI is InChI=1S/C11H22N2O/c1-3-13(9-10-6-7-10)11(14)5-4-8-12-2/h10,12H,3-9H2,1-2H3. The van der Waals surface area contributed by atoms with E-state index in [9.17, 15) is 4.79 Å². The van der Waals surface area contributed by atoms with Crippen LogP contribution in [0.15, 0.2) is 0 Å². The highest BCUT2D eigenvalue weighted by Crippen LogP contribution is 2.29. The zero-order chi connectivity index (χ0) is 10.4. The van der Waals surface area contributed by atoms with Crippen LogP contribution in [0.3, 0.4) is 0 Å². The van der Waals surface area contributed by atoms with Gasteiger partial charge in [0.1, 0.15) is 0 Å². The number of hydrogen-bond donors (Lipinski definition) is 1. The Morgan fingerprint density at radius 1 is 1.50 bits per heavy atom. The molecule has 0 unspecified atom stereocenters. The molecule has 1 rings (SSSR count). The second-order valence-electron chi connectivity index (χ2n) is 4.08. The number of carbonyl (C=O) groups is 1. The number of amides is 1. The van der Waals surface area contributed by atoms with Crippen molar-refractivity contribution >= 4 is 5.91 Å². The van der Waals surface area contributed by atoms with Gasteiger partial charge in [0.2, 0.25) is 5.91 Å². The van der Waals surface area contributed by atoms with Crippen LogP contribution >= 0.6 is 0 Å². The Kier molecular flexibility index (Phi) is 4.94. The van der Waals surface area contributed by atoms with E-state index in [4.69, 9.17) is 0 Å². The minimum absolute atomic E-state index is 0.328. The van der Waals surface area contributed by atoms with Crippen LogP contribution in [-0.4, -0.2) is 37.5 Å². The Balaban J connectivity index is 2.16. The summed E-state index contributed by atoms with van der Waals surface area (Å²) in [5, 5.41) is 3.06. The molecule has 1 amide bonds. The van der Waals surface area contributed by atoms with E-state index in [0.717, 1.165) is 32.0 Å². The molecule has 1 saturated carbocycles. The summed E-state index contributed by atoms with van der Waals surface area (Å²) in [6, 6.07) is 0. The van der Waals surface area contributed by atoms with E-state index in [-0.39, 0.29) is 0 Å². The lowest BCUT2D eigenvalue weighted by Crippen LogP contribution is -2.32. The van der Waals surface area contributed by atoms with Gasteiger partial charge < -0.3 is 10.2 Å². The zero-order valence-electron chi connectivity index (χ0n) is 9.38. The van der Waals surface area contributed by atoms with Gasteiger partial charge in [-0.25, -0.2) is 0 Å². The van der Waals surface area contributed by atoms with Gasteiger partial charge in [0.15, 0.2) is 0 Å². The lowest BCUT2D eigenvalue weighted by Gasteiger charge is -2.20. The maximum atomic E-state index is 11.7. The summed E-state index contributed by atoms with van der Waals surface area (Å²) in [4.78, 5) is 13.7. The van der Waals surface area contributed by atoms with Crippen molar-refractivity contribution < 1.29 is 4.79 Å². The normalized spacial score (nSPS) is 15.6. The second kappa shape index (κ2) is 6.02. The summed E-state index contributed by atoms with van der Waals surface area (Å²) in [5.41, 5.74) is 0. The van der Waals surface area contributed by atoms with Crippen LogP contribution in [0.25, 0.3) is 0 Å². The van der Waals surface area contributed by atoms with Gasteiger partial charge in [0.25, 0.3) is 0 Å². The molecule has 0 aromatic carbocycles. The molecule has 0 aromatic rings. The molecule has 1 aliphatic rings. The number of nitrogens with one attached hydrogen (secondary N) is 1. The van der Waals surface area contributed by atoms with E-state index in [1.807, 2.05) is 11.9 Å². The third-order valence-corrected chi connectivity index (χ3v) is 2.73. The number of rotatable bonds is 7. The zero-order valence-corrected chi connectivity index (χ0v) is 9.38. The average molecular weight is 198 g/mol. The summed E-state index contributed by atoms with van der Waals surface area (Å²) < 4.78 is 0. The van der Waals surface area contributed by atoms with Gasteiger partial charge in [-0.3, -0.25) is 4.79 Å². The van der Waals surface area contributed by atoms with Crippen molar-refractivity contribution in [1.29, 1.82) is 0 Å². The Bertz CT molecular complexity index is 178. The van der Waals surface area contributed by atoms with Crippen molar-refractivity contribution in [3.8, 4) is 0 Å². The van der Waals surface area contributed by atoms with E-state index < -0.39 is 0 Å². The summed E-state index contributed by atoms with van der Waals surface area (Å²) in [6.45, 7) is 4.87. The molecule has 0 saturated heterocycles. The van der Waals surface area contributed by atoms with Gasteiger partial charge in [-0.05, 0) is 45.7 Å². The van der Waals surface area contributed by atoms with Crippen LogP contribution in [0.4, 0.5) is 0 Å². The minimum Gasteiger partial charge on any atom is -0.343 e. The predicted molar refractivity (Wildman–Crippen MR) is 58.1 cm³/mol. The summed E-state index contributed by atoms with van der Waals surface area (Å²) in [6.07, 6.45) is 4.29. The molecule has 3 heteroatoms. The fourth-order valence-corrected chi connectivity index (χ4v) is 1.59. The fraction of sp³-hybridized carbons (Fsp3) is 0.909. The minimum atomic E-state index is 0.328. The third kappa shape index (κ3) is 4.09. The van der Waals surface area contributed by atoms with E-state index >= 15 is 0 Å². The highest BCUT2D eigenvalue weighted by molar-refractivity contribution is 5.76. The lowest BCUT2D eigenvalue weighted by molar-refractivity contribution is -0.131. The first-order valence-corrected chi connectivity index (χ1v) is 5.70. The topological polar surface area (TPSA) is 32.3 Å². The molecule has 0 spiro atoms. The Morgan fingerprint density at radius 2 is 2.21 bits per heavy atom. The molecule has 1 N–H and O–H groups in total. The molecule has 0 aliphatic heterocycles. The molecule has 14 heavy (non-hydrogen) atoms. The van der Waals surface area contributed by atoms with Gasteiger partial charge in [-0.1, -0.05) is 0 Å². The second-order valence-corrected chi connectivity index (χ2v) is 4.08. The van der Waals surface area contributed by atoms with Crippen LogP contribution in [0.2, 0.25) is 0 Å². The molecular formula is C11H22N2O.